The van der Waals surface area contributed by atoms with E-state index in [2.05, 4.69) is 30.4 Å². The molecule has 0 amide bonds. The first-order valence-corrected chi connectivity index (χ1v) is 6.47. The number of unbranched alkanes of at least 4 members (excludes halogenated alkanes) is 4. The molecule has 0 fully saturated rings. The maximum Gasteiger partial charge on any atom is 0.509 e. The molecule has 1 unspecified atom stereocenters. The van der Waals surface area contributed by atoms with Crippen LogP contribution in [0.5, 0.6) is 0 Å². The van der Waals surface area contributed by atoms with E-state index in [1.54, 1.807) is 0 Å². The molecule has 17 heavy (non-hydrogen) atoms. The number of hydrogen-bond acceptors (Lipinski definition) is 3. The molecule has 0 aliphatic heterocycles. The van der Waals surface area contributed by atoms with Gasteiger partial charge in [0.25, 0.3) is 0 Å². The van der Waals surface area contributed by atoms with Crippen LogP contribution in [-0.4, -0.2) is 19.4 Å². The van der Waals surface area contributed by atoms with Gasteiger partial charge in [0.15, 0.2) is 6.10 Å². The average molecular weight is 240 g/mol. The van der Waals surface area contributed by atoms with E-state index in [0.717, 1.165) is 44.9 Å². The van der Waals surface area contributed by atoms with Gasteiger partial charge in [0.2, 0.25) is 0 Å². The third kappa shape index (κ3) is 9.74. The zero-order valence-corrected chi connectivity index (χ0v) is 11.3. The van der Waals surface area contributed by atoms with Crippen molar-refractivity contribution in [3.63, 3.8) is 0 Å². The standard InChI is InChI=1S/C14H24O3/c1-4-6-8-10-12-13(11-9-7-5-2)17-14(15)16-3/h13H,4-9,11H2,1-3H3. The minimum atomic E-state index is -0.642. The molecule has 0 aliphatic rings. The van der Waals surface area contributed by atoms with Crippen molar-refractivity contribution in [2.24, 2.45) is 0 Å². The fraction of sp³-hybridized carbons (Fsp3) is 0.786. The third-order valence-electron chi connectivity index (χ3n) is 2.39. The van der Waals surface area contributed by atoms with Crippen molar-refractivity contribution >= 4 is 6.16 Å². The molecule has 1 atom stereocenters. The van der Waals surface area contributed by atoms with Crippen LogP contribution in [-0.2, 0) is 9.47 Å². The zero-order valence-electron chi connectivity index (χ0n) is 11.3. The molecule has 0 spiro atoms. The highest BCUT2D eigenvalue weighted by atomic mass is 16.7. The lowest BCUT2D eigenvalue weighted by molar-refractivity contribution is 0.0521. The van der Waals surface area contributed by atoms with Crippen molar-refractivity contribution in [2.45, 2.75) is 64.9 Å². The lowest BCUT2D eigenvalue weighted by atomic mass is 10.1. The van der Waals surface area contributed by atoms with Gasteiger partial charge in [-0.3, -0.25) is 0 Å². The molecule has 0 rings (SSSR count). The monoisotopic (exact) mass is 240 g/mol. The van der Waals surface area contributed by atoms with Gasteiger partial charge in [0.1, 0.15) is 0 Å². The van der Waals surface area contributed by atoms with Crippen molar-refractivity contribution in [3.8, 4) is 11.8 Å². The lowest BCUT2D eigenvalue weighted by Gasteiger charge is -2.10. The molecule has 0 aromatic rings. The normalized spacial score (nSPS) is 11.2. The van der Waals surface area contributed by atoms with Gasteiger partial charge in [0, 0.05) is 6.42 Å². The van der Waals surface area contributed by atoms with Gasteiger partial charge in [-0.15, -0.1) is 0 Å². The van der Waals surface area contributed by atoms with Gasteiger partial charge in [-0.2, -0.15) is 0 Å². The molecular formula is C14H24O3. The Morgan fingerprint density at radius 3 is 2.47 bits per heavy atom. The summed E-state index contributed by atoms with van der Waals surface area (Å²) in [6.07, 6.45) is 6.24. The Morgan fingerprint density at radius 1 is 1.18 bits per heavy atom. The van der Waals surface area contributed by atoms with Gasteiger partial charge in [-0.25, -0.2) is 4.79 Å². The second-order valence-electron chi connectivity index (χ2n) is 3.98. The summed E-state index contributed by atoms with van der Waals surface area (Å²) in [6, 6.07) is 0. The summed E-state index contributed by atoms with van der Waals surface area (Å²) in [7, 11) is 1.32. The summed E-state index contributed by atoms with van der Waals surface area (Å²) in [4.78, 5) is 11.0. The van der Waals surface area contributed by atoms with E-state index in [-0.39, 0.29) is 6.10 Å². The molecule has 98 valence electrons. The maximum atomic E-state index is 11.0. The first-order chi connectivity index (χ1) is 8.24. The van der Waals surface area contributed by atoms with E-state index in [9.17, 15) is 4.79 Å². The van der Waals surface area contributed by atoms with E-state index >= 15 is 0 Å². The van der Waals surface area contributed by atoms with E-state index < -0.39 is 6.16 Å². The number of carbonyl (C=O) groups excluding carboxylic acids is 1. The summed E-state index contributed by atoms with van der Waals surface area (Å²) < 4.78 is 9.58. The lowest BCUT2D eigenvalue weighted by Crippen LogP contribution is -2.16. The Hall–Kier alpha value is -1.17. The number of carbonyl (C=O) groups is 1. The van der Waals surface area contributed by atoms with E-state index in [1.165, 1.54) is 7.11 Å². The number of methoxy groups -OCH3 is 1. The largest absolute Gasteiger partial charge is 0.509 e. The summed E-state index contributed by atoms with van der Waals surface area (Å²) in [5, 5.41) is 0. The van der Waals surface area contributed by atoms with Crippen LogP contribution < -0.4 is 0 Å². The van der Waals surface area contributed by atoms with Crippen LogP contribution in [0.4, 0.5) is 4.79 Å². The van der Waals surface area contributed by atoms with Crippen molar-refractivity contribution in [2.75, 3.05) is 7.11 Å². The van der Waals surface area contributed by atoms with Crippen LogP contribution >= 0.6 is 0 Å². The molecule has 0 aliphatic carbocycles. The fourth-order valence-electron chi connectivity index (χ4n) is 1.36. The molecule has 3 nitrogen and oxygen atoms in total. The highest BCUT2D eigenvalue weighted by Crippen LogP contribution is 2.07. The number of hydrogen-bond donors (Lipinski definition) is 0. The molecule has 0 saturated carbocycles. The van der Waals surface area contributed by atoms with Crippen LogP contribution in [0.15, 0.2) is 0 Å². The smallest absolute Gasteiger partial charge is 0.438 e. The molecule has 0 N–H and O–H groups in total. The predicted octanol–water partition coefficient (Wildman–Crippen LogP) is 3.91. The van der Waals surface area contributed by atoms with Gasteiger partial charge in [-0.1, -0.05) is 45.0 Å². The highest BCUT2D eigenvalue weighted by Gasteiger charge is 2.11. The molecule has 0 saturated heterocycles. The van der Waals surface area contributed by atoms with Crippen molar-refractivity contribution in [1.29, 1.82) is 0 Å². The minimum Gasteiger partial charge on any atom is -0.438 e. The first-order valence-electron chi connectivity index (χ1n) is 6.47. The Morgan fingerprint density at radius 2 is 1.88 bits per heavy atom. The third-order valence-corrected chi connectivity index (χ3v) is 2.39. The SMILES string of the molecule is CCCCC#CC(CCCCC)OC(=O)OC. The molecular weight excluding hydrogens is 216 g/mol. The second-order valence-corrected chi connectivity index (χ2v) is 3.98. The molecule has 3 heteroatoms. The molecule has 0 aromatic carbocycles. The Bertz CT molecular complexity index is 250. The van der Waals surface area contributed by atoms with Crippen LogP contribution in [0.25, 0.3) is 0 Å². The highest BCUT2D eigenvalue weighted by molar-refractivity contribution is 5.60. The molecule has 0 bridgehead atoms. The van der Waals surface area contributed by atoms with Gasteiger partial charge in [0.05, 0.1) is 7.11 Å². The van der Waals surface area contributed by atoms with E-state index in [4.69, 9.17) is 4.74 Å². The van der Waals surface area contributed by atoms with Gasteiger partial charge < -0.3 is 9.47 Å². The minimum absolute atomic E-state index is 0.314. The van der Waals surface area contributed by atoms with Gasteiger partial charge >= 0.3 is 6.16 Å². The summed E-state index contributed by atoms with van der Waals surface area (Å²) >= 11 is 0. The topological polar surface area (TPSA) is 35.5 Å². The van der Waals surface area contributed by atoms with Crippen molar-refractivity contribution < 1.29 is 14.3 Å². The summed E-state index contributed by atoms with van der Waals surface area (Å²) in [5.41, 5.74) is 0. The number of rotatable bonds is 7. The Kier molecular flexibility index (Phi) is 10.5. The van der Waals surface area contributed by atoms with Crippen LogP contribution in [0.3, 0.4) is 0 Å². The van der Waals surface area contributed by atoms with Crippen LogP contribution in [0.1, 0.15) is 58.8 Å². The Balaban J connectivity index is 4.07. The van der Waals surface area contributed by atoms with E-state index in [1.807, 2.05) is 0 Å². The first kappa shape index (κ1) is 15.8. The number of ether oxygens (including phenoxy) is 2. The van der Waals surface area contributed by atoms with Crippen molar-refractivity contribution in [1.82, 2.24) is 0 Å². The predicted molar refractivity (Wildman–Crippen MR) is 68.7 cm³/mol. The summed E-state index contributed by atoms with van der Waals surface area (Å²) in [5.74, 6) is 6.07. The molecule has 0 radical (unpaired) electrons. The molecule has 0 aromatic heterocycles. The Labute approximate surface area is 105 Å². The summed E-state index contributed by atoms with van der Waals surface area (Å²) in [6.45, 7) is 4.27. The fourth-order valence-corrected chi connectivity index (χ4v) is 1.36. The van der Waals surface area contributed by atoms with Crippen LogP contribution in [0.2, 0.25) is 0 Å². The quantitative estimate of drug-likeness (QED) is 0.384. The second kappa shape index (κ2) is 11.3. The average Bonchev–Trinajstić information content (AvgIpc) is 2.34. The van der Waals surface area contributed by atoms with Gasteiger partial charge in [-0.05, 0) is 19.3 Å². The molecule has 0 heterocycles. The maximum absolute atomic E-state index is 11.0. The van der Waals surface area contributed by atoms with Crippen LogP contribution in [0, 0.1) is 11.8 Å². The van der Waals surface area contributed by atoms with Crippen molar-refractivity contribution in [3.05, 3.63) is 0 Å². The zero-order chi connectivity index (χ0) is 12.9. The van der Waals surface area contributed by atoms with E-state index in [0.29, 0.717) is 0 Å².